The second-order valence-corrected chi connectivity index (χ2v) is 2.08. The lowest BCUT2D eigenvalue weighted by Crippen LogP contribution is -2.11. The molecule has 12 heteroatoms. The fourth-order valence-electron chi connectivity index (χ4n) is 0.526. The molecule has 0 aliphatic rings. The minimum atomic E-state index is -1.61. The van der Waals surface area contributed by atoms with Gasteiger partial charge in [0.25, 0.3) is 0 Å². The molecule has 86 valence electrons. The first-order valence-corrected chi connectivity index (χ1v) is 3.27. The van der Waals surface area contributed by atoms with Gasteiger partial charge in [0.05, 0.1) is 0 Å². The van der Waals surface area contributed by atoms with Gasteiger partial charge in [0, 0.05) is 0 Å². The number of hydrogen-bond acceptors (Lipinski definition) is 8. The number of nitrogens with zero attached hydrogens (tertiary/aromatic N) is 4. The van der Waals surface area contributed by atoms with Crippen LogP contribution in [0.2, 0.25) is 0 Å². The lowest BCUT2D eigenvalue weighted by Gasteiger charge is -1.85. The lowest BCUT2D eigenvalue weighted by atomic mass is 10.5. The monoisotopic (exact) mass is 234 g/mol. The highest BCUT2D eigenvalue weighted by molar-refractivity contribution is 5.02. The molecule has 0 N–H and O–H groups in total. The minimum absolute atomic E-state index is 0.0704. The van der Waals surface area contributed by atoms with Crippen molar-refractivity contribution in [1.29, 1.82) is 0 Å². The Morgan fingerprint density at radius 3 is 0.938 bits per heavy atom. The third kappa shape index (κ3) is 3.44. The molecule has 0 heterocycles. The molecule has 0 unspecified atom stereocenters. The zero-order valence-electron chi connectivity index (χ0n) is 7.21. The van der Waals surface area contributed by atoms with E-state index < -0.39 is 31.3 Å². The molecule has 0 rings (SSSR count). The minimum Gasteiger partial charge on any atom is -0.253 e. The fourth-order valence-corrected chi connectivity index (χ4v) is 0.526. The first kappa shape index (κ1) is 13.1. The Morgan fingerprint density at radius 2 is 0.812 bits per heavy atom. The van der Waals surface area contributed by atoms with E-state index in [2.05, 4.69) is 0 Å². The quantitative estimate of drug-likeness (QED) is 0.356. The van der Waals surface area contributed by atoms with Gasteiger partial charge < -0.3 is 0 Å². The molecule has 0 atom stereocenters. The van der Waals surface area contributed by atoms with E-state index in [9.17, 15) is 40.5 Å². The molecule has 0 spiro atoms. The van der Waals surface area contributed by atoms with E-state index in [0.717, 1.165) is 0 Å². The maximum atomic E-state index is 10.0. The van der Waals surface area contributed by atoms with Crippen molar-refractivity contribution in [2.45, 2.75) is 0 Å². The van der Waals surface area contributed by atoms with Gasteiger partial charge in [0.2, 0.25) is 0 Å². The van der Waals surface area contributed by atoms with Crippen LogP contribution in [0.4, 0.5) is 0 Å². The molecule has 12 nitrogen and oxygen atoms in total. The Hall–Kier alpha value is -2.92. The van der Waals surface area contributed by atoms with Crippen LogP contribution in [0.3, 0.4) is 0 Å². The molecule has 0 bridgehead atoms. The summed E-state index contributed by atoms with van der Waals surface area (Å²) in [6.45, 7) is 0. The first-order valence-electron chi connectivity index (χ1n) is 3.27. The first-order chi connectivity index (χ1) is 7.27. The Balaban J connectivity index is 5.36. The van der Waals surface area contributed by atoms with Crippen molar-refractivity contribution in [1.82, 2.24) is 0 Å². The molecule has 0 aromatic carbocycles. The van der Waals surface area contributed by atoms with Crippen molar-refractivity contribution in [3.63, 3.8) is 0 Å². The van der Waals surface area contributed by atoms with Gasteiger partial charge in [-0.2, -0.15) is 0 Å². The summed E-state index contributed by atoms with van der Waals surface area (Å²) < 4.78 is 0. The SMILES string of the molecule is O=[N+]([O-])C(=CC=C([N+](=O)[O-])[N+](=O)[O-])[N+](=O)[O-]. The highest BCUT2D eigenvalue weighted by Crippen LogP contribution is 2.01. The lowest BCUT2D eigenvalue weighted by molar-refractivity contribution is -0.619. The Morgan fingerprint density at radius 1 is 0.625 bits per heavy atom. The van der Waals surface area contributed by atoms with E-state index in [1.165, 1.54) is 0 Å². The van der Waals surface area contributed by atoms with Crippen LogP contribution in [-0.4, -0.2) is 19.7 Å². The zero-order chi connectivity index (χ0) is 12.9. The Bertz CT molecular complexity index is 350. The molecule has 0 amide bonds. The predicted octanol–water partition coefficient (Wildman–Crippen LogP) is -0.224. The maximum absolute atomic E-state index is 10.0. The molecule has 0 saturated carbocycles. The van der Waals surface area contributed by atoms with Gasteiger partial charge in [-0.25, -0.2) is 0 Å². The standard InChI is InChI=1S/C4H2N4O8/c9-5(10)3(6(11)12)1-2-4(7(13)14)8(15)16/h1-2H. The van der Waals surface area contributed by atoms with Crippen molar-refractivity contribution in [2.75, 3.05) is 0 Å². The smallest absolute Gasteiger partial charge is 0.253 e. The highest BCUT2D eigenvalue weighted by Gasteiger charge is 2.29. The van der Waals surface area contributed by atoms with E-state index in [1.807, 2.05) is 0 Å². The van der Waals surface area contributed by atoms with E-state index in [-0.39, 0.29) is 12.2 Å². The predicted molar refractivity (Wildman–Crippen MR) is 44.1 cm³/mol. The molecule has 0 aliphatic heterocycles. The third-order valence-corrected chi connectivity index (χ3v) is 1.13. The third-order valence-electron chi connectivity index (χ3n) is 1.13. The van der Waals surface area contributed by atoms with Crippen LogP contribution in [0.1, 0.15) is 0 Å². The van der Waals surface area contributed by atoms with Gasteiger partial charge in [-0.15, -0.1) is 0 Å². The molecule has 0 saturated heterocycles. The van der Waals surface area contributed by atoms with Crippen LogP contribution in [0, 0.1) is 40.5 Å². The maximum Gasteiger partial charge on any atom is 0.559 e. The van der Waals surface area contributed by atoms with Crippen LogP contribution in [-0.2, 0) is 0 Å². The van der Waals surface area contributed by atoms with Crippen molar-refractivity contribution >= 4 is 0 Å². The van der Waals surface area contributed by atoms with Gasteiger partial charge in [0.1, 0.15) is 31.8 Å². The molecule has 0 aromatic heterocycles. The summed E-state index contributed by atoms with van der Waals surface area (Å²) in [6, 6.07) is 0. The molecule has 0 fully saturated rings. The Labute approximate surface area is 85.1 Å². The van der Waals surface area contributed by atoms with Gasteiger partial charge >= 0.3 is 11.6 Å². The van der Waals surface area contributed by atoms with Crippen molar-refractivity contribution in [3.05, 3.63) is 64.3 Å². The van der Waals surface area contributed by atoms with E-state index >= 15 is 0 Å². The van der Waals surface area contributed by atoms with Crippen molar-refractivity contribution in [3.8, 4) is 0 Å². The molecular formula is C4H2N4O8. The van der Waals surface area contributed by atoms with Crippen LogP contribution in [0.25, 0.3) is 0 Å². The summed E-state index contributed by atoms with van der Waals surface area (Å²) in [4.78, 5) is 34.3. The van der Waals surface area contributed by atoms with Crippen molar-refractivity contribution in [2.24, 2.45) is 0 Å². The summed E-state index contributed by atoms with van der Waals surface area (Å²) in [5.74, 6) is -3.22. The zero-order valence-corrected chi connectivity index (χ0v) is 7.21. The second kappa shape index (κ2) is 5.08. The summed E-state index contributed by atoms with van der Waals surface area (Å²) >= 11 is 0. The summed E-state index contributed by atoms with van der Waals surface area (Å²) in [5, 5.41) is 40.1. The normalized spacial score (nSPS) is 8.75. The summed E-state index contributed by atoms with van der Waals surface area (Å²) in [7, 11) is 0. The van der Waals surface area contributed by atoms with Crippen LogP contribution >= 0.6 is 0 Å². The largest absolute Gasteiger partial charge is 0.559 e. The van der Waals surface area contributed by atoms with E-state index in [4.69, 9.17) is 0 Å². The Kier molecular flexibility index (Phi) is 4.16. The van der Waals surface area contributed by atoms with Gasteiger partial charge in [0.15, 0.2) is 0 Å². The average molecular weight is 234 g/mol. The fraction of sp³-hybridized carbons (Fsp3) is 0. The van der Waals surface area contributed by atoms with Gasteiger partial charge in [-0.05, 0) is 0 Å². The number of allylic oxidation sites excluding steroid dienone is 2. The topological polar surface area (TPSA) is 173 Å². The number of nitro groups is 4. The average Bonchev–Trinajstić information content (AvgIpc) is 2.09. The van der Waals surface area contributed by atoms with Gasteiger partial charge in [-0.3, -0.25) is 40.5 Å². The molecular weight excluding hydrogens is 232 g/mol. The van der Waals surface area contributed by atoms with E-state index in [0.29, 0.717) is 0 Å². The molecule has 0 aromatic rings. The van der Waals surface area contributed by atoms with Crippen molar-refractivity contribution < 1.29 is 19.7 Å². The molecule has 0 aliphatic carbocycles. The molecule has 0 radical (unpaired) electrons. The van der Waals surface area contributed by atoms with Gasteiger partial charge in [-0.1, -0.05) is 0 Å². The molecule has 16 heavy (non-hydrogen) atoms. The number of hydrogen-bond donors (Lipinski definition) is 0. The summed E-state index contributed by atoms with van der Waals surface area (Å²) in [6.07, 6.45) is 0.141. The highest BCUT2D eigenvalue weighted by atomic mass is 16.7. The van der Waals surface area contributed by atoms with E-state index in [1.54, 1.807) is 0 Å². The second-order valence-electron chi connectivity index (χ2n) is 2.08. The number of rotatable bonds is 5. The van der Waals surface area contributed by atoms with Crippen LogP contribution in [0.5, 0.6) is 0 Å². The van der Waals surface area contributed by atoms with Crippen LogP contribution < -0.4 is 0 Å². The van der Waals surface area contributed by atoms with Crippen LogP contribution in [0.15, 0.2) is 23.8 Å². The summed E-state index contributed by atoms with van der Waals surface area (Å²) in [5.41, 5.74) is 0.